The van der Waals surface area contributed by atoms with E-state index in [0.29, 0.717) is 17.3 Å². The zero-order valence-electron chi connectivity index (χ0n) is 8.85. The first-order valence-electron chi connectivity index (χ1n) is 4.85. The van der Waals surface area contributed by atoms with Gasteiger partial charge in [-0.1, -0.05) is 18.2 Å². The van der Waals surface area contributed by atoms with E-state index in [1.165, 1.54) is 24.3 Å². The Morgan fingerprint density at radius 3 is 2.61 bits per heavy atom. The van der Waals surface area contributed by atoms with Gasteiger partial charge in [-0.15, -0.1) is 0 Å². The fraction of sp³-hybridized carbons (Fsp3) is 0.0909. The van der Waals surface area contributed by atoms with Gasteiger partial charge in [-0.3, -0.25) is 14.9 Å². The molecule has 0 spiro atoms. The van der Waals surface area contributed by atoms with Crippen LogP contribution in [0.4, 0.5) is 13.6 Å². The molecule has 0 saturated carbocycles. The molecule has 1 heterocycles. The normalized spacial score (nSPS) is 17.4. The number of rotatable bonds is 3. The maximum absolute atomic E-state index is 12.2. The van der Waals surface area contributed by atoms with Crippen LogP contribution in [0.1, 0.15) is 5.56 Å². The fourth-order valence-corrected chi connectivity index (χ4v) is 2.04. The third kappa shape index (κ3) is 2.86. The lowest BCUT2D eigenvalue weighted by Gasteiger charge is -2.07. The van der Waals surface area contributed by atoms with Crippen molar-refractivity contribution >= 4 is 29.0 Å². The molecule has 4 nitrogen and oxygen atoms in total. The van der Waals surface area contributed by atoms with E-state index in [-0.39, 0.29) is 10.7 Å². The summed E-state index contributed by atoms with van der Waals surface area (Å²) in [7, 11) is 0. The second kappa shape index (κ2) is 5.18. The van der Waals surface area contributed by atoms with Gasteiger partial charge in [-0.05, 0) is 23.9 Å². The van der Waals surface area contributed by atoms with Crippen LogP contribution in [0.25, 0.3) is 6.08 Å². The van der Waals surface area contributed by atoms with Gasteiger partial charge in [0, 0.05) is 5.56 Å². The van der Waals surface area contributed by atoms with Crippen LogP contribution in [0.2, 0.25) is 0 Å². The number of carbonyl (C=O) groups excluding carboxylic acids is 2. The quantitative estimate of drug-likeness (QED) is 0.858. The number of para-hydroxylation sites is 1. The maximum Gasteiger partial charge on any atom is 0.387 e. The summed E-state index contributed by atoms with van der Waals surface area (Å²) in [5.41, 5.74) is 0.310. The summed E-state index contributed by atoms with van der Waals surface area (Å²) in [5, 5.41) is 1.59. The molecule has 0 aliphatic carbocycles. The van der Waals surface area contributed by atoms with Gasteiger partial charge in [0.1, 0.15) is 5.75 Å². The van der Waals surface area contributed by atoms with E-state index in [1.54, 1.807) is 6.07 Å². The molecule has 94 valence electrons. The Morgan fingerprint density at radius 2 is 2.00 bits per heavy atom. The second-order valence-corrected chi connectivity index (χ2v) is 4.28. The molecule has 1 saturated heterocycles. The van der Waals surface area contributed by atoms with Crippen LogP contribution in [0.3, 0.4) is 0 Å². The molecule has 0 unspecified atom stereocenters. The van der Waals surface area contributed by atoms with Gasteiger partial charge in [0.05, 0.1) is 4.91 Å². The highest BCUT2D eigenvalue weighted by Crippen LogP contribution is 2.29. The molecule has 2 rings (SSSR count). The molecule has 1 aromatic carbocycles. The molecule has 2 amide bonds. The van der Waals surface area contributed by atoms with Gasteiger partial charge in [0.15, 0.2) is 0 Å². The smallest absolute Gasteiger partial charge is 0.387 e. The molecule has 1 aromatic rings. The van der Waals surface area contributed by atoms with E-state index < -0.39 is 17.8 Å². The Morgan fingerprint density at radius 1 is 1.28 bits per heavy atom. The number of imide groups is 1. The monoisotopic (exact) mass is 271 g/mol. The molecule has 7 heteroatoms. The van der Waals surface area contributed by atoms with Gasteiger partial charge in [-0.2, -0.15) is 8.78 Å². The standard InChI is InChI=1S/C11H7F2NO3S/c12-10(13)17-7-4-2-1-3-6(7)5-8-9(15)14-11(16)18-8/h1-5,10H,(H,14,15,16). The van der Waals surface area contributed by atoms with Crippen LogP contribution in [-0.2, 0) is 4.79 Å². The minimum atomic E-state index is -2.95. The van der Waals surface area contributed by atoms with Crippen molar-refractivity contribution in [1.29, 1.82) is 0 Å². The van der Waals surface area contributed by atoms with Crippen molar-refractivity contribution in [1.82, 2.24) is 5.32 Å². The molecule has 1 aliphatic rings. The number of amides is 2. The van der Waals surface area contributed by atoms with Crippen molar-refractivity contribution in [3.63, 3.8) is 0 Å². The minimum Gasteiger partial charge on any atom is -0.434 e. The van der Waals surface area contributed by atoms with E-state index in [9.17, 15) is 18.4 Å². The molecule has 0 radical (unpaired) electrons. The van der Waals surface area contributed by atoms with Crippen molar-refractivity contribution < 1.29 is 23.1 Å². The SMILES string of the molecule is O=C1NC(=O)C(=Cc2ccccc2OC(F)F)S1. The molecular formula is C11H7F2NO3S. The predicted molar refractivity (Wildman–Crippen MR) is 62.2 cm³/mol. The van der Waals surface area contributed by atoms with E-state index in [2.05, 4.69) is 10.1 Å². The Hall–Kier alpha value is -1.89. The highest BCUT2D eigenvalue weighted by Gasteiger charge is 2.25. The molecule has 0 aromatic heterocycles. The number of alkyl halides is 2. The van der Waals surface area contributed by atoms with Crippen LogP contribution >= 0.6 is 11.8 Å². The van der Waals surface area contributed by atoms with Crippen LogP contribution in [-0.4, -0.2) is 17.8 Å². The first kappa shape index (κ1) is 12.6. The van der Waals surface area contributed by atoms with Gasteiger partial charge in [0.25, 0.3) is 11.1 Å². The van der Waals surface area contributed by atoms with Crippen molar-refractivity contribution in [2.45, 2.75) is 6.61 Å². The number of carbonyl (C=O) groups is 2. The predicted octanol–water partition coefficient (Wildman–Crippen LogP) is 2.61. The van der Waals surface area contributed by atoms with E-state index in [4.69, 9.17) is 0 Å². The summed E-state index contributed by atoms with van der Waals surface area (Å²) in [4.78, 5) is 22.4. The Bertz CT molecular complexity index is 531. The summed E-state index contributed by atoms with van der Waals surface area (Å²) in [5.74, 6) is -0.593. The summed E-state index contributed by atoms with van der Waals surface area (Å²) in [6, 6.07) is 6.02. The summed E-state index contributed by atoms with van der Waals surface area (Å²) in [6.07, 6.45) is 1.34. The van der Waals surface area contributed by atoms with Crippen molar-refractivity contribution in [3.05, 3.63) is 34.7 Å². The summed E-state index contributed by atoms with van der Waals surface area (Å²) in [6.45, 7) is -2.95. The molecular weight excluding hydrogens is 264 g/mol. The maximum atomic E-state index is 12.2. The second-order valence-electron chi connectivity index (χ2n) is 3.27. The van der Waals surface area contributed by atoms with E-state index in [1.807, 2.05) is 0 Å². The molecule has 1 fully saturated rings. The van der Waals surface area contributed by atoms with Crippen molar-refractivity contribution in [2.24, 2.45) is 0 Å². The highest BCUT2D eigenvalue weighted by atomic mass is 32.2. The number of nitrogens with one attached hydrogen (secondary N) is 1. The van der Waals surface area contributed by atoms with E-state index in [0.717, 1.165) is 0 Å². The molecule has 1 N–H and O–H groups in total. The molecule has 0 atom stereocenters. The van der Waals surface area contributed by atoms with Crippen molar-refractivity contribution in [2.75, 3.05) is 0 Å². The average molecular weight is 271 g/mol. The van der Waals surface area contributed by atoms with Gasteiger partial charge in [0.2, 0.25) is 0 Å². The molecule has 18 heavy (non-hydrogen) atoms. The topological polar surface area (TPSA) is 55.4 Å². The lowest BCUT2D eigenvalue weighted by atomic mass is 10.2. The van der Waals surface area contributed by atoms with E-state index >= 15 is 0 Å². The number of halogens is 2. The lowest BCUT2D eigenvalue weighted by Crippen LogP contribution is -2.17. The van der Waals surface area contributed by atoms with Crippen LogP contribution in [0.5, 0.6) is 5.75 Å². The fourth-order valence-electron chi connectivity index (χ4n) is 1.37. The molecule has 1 aliphatic heterocycles. The van der Waals surface area contributed by atoms with Crippen LogP contribution in [0, 0.1) is 0 Å². The number of hydrogen-bond acceptors (Lipinski definition) is 4. The minimum absolute atomic E-state index is 0.0484. The van der Waals surface area contributed by atoms with Crippen molar-refractivity contribution in [3.8, 4) is 5.75 Å². The van der Waals surface area contributed by atoms with Gasteiger partial charge in [-0.25, -0.2) is 0 Å². The number of thioether (sulfide) groups is 1. The van der Waals surface area contributed by atoms with Gasteiger partial charge < -0.3 is 4.74 Å². The number of hydrogen-bond donors (Lipinski definition) is 1. The Labute approximate surface area is 105 Å². The Balaban J connectivity index is 2.31. The first-order chi connectivity index (χ1) is 8.56. The van der Waals surface area contributed by atoms with Crippen LogP contribution in [0.15, 0.2) is 29.2 Å². The third-order valence-corrected chi connectivity index (χ3v) is 2.87. The summed E-state index contributed by atoms with van der Waals surface area (Å²) >= 11 is 0.715. The molecule has 0 bridgehead atoms. The van der Waals surface area contributed by atoms with Gasteiger partial charge >= 0.3 is 6.61 Å². The van der Waals surface area contributed by atoms with Crippen LogP contribution < -0.4 is 10.1 Å². The third-order valence-electron chi connectivity index (χ3n) is 2.06. The summed E-state index contributed by atoms with van der Waals surface area (Å²) < 4.78 is 28.7. The first-order valence-corrected chi connectivity index (χ1v) is 5.66. The number of benzene rings is 1. The lowest BCUT2D eigenvalue weighted by molar-refractivity contribution is -0.115. The largest absolute Gasteiger partial charge is 0.434 e. The number of ether oxygens (including phenoxy) is 1. The zero-order chi connectivity index (χ0) is 13.1. The average Bonchev–Trinajstić information content (AvgIpc) is 2.59. The highest BCUT2D eigenvalue weighted by molar-refractivity contribution is 8.18. The zero-order valence-corrected chi connectivity index (χ0v) is 9.67. The Kier molecular flexibility index (Phi) is 3.61.